The zero-order valence-electron chi connectivity index (χ0n) is 9.69. The Labute approximate surface area is 115 Å². The predicted molar refractivity (Wildman–Crippen MR) is 70.4 cm³/mol. The quantitative estimate of drug-likeness (QED) is 0.921. The second-order valence-electron chi connectivity index (χ2n) is 3.66. The van der Waals surface area contributed by atoms with Gasteiger partial charge in [0.15, 0.2) is 0 Å². The van der Waals surface area contributed by atoms with Gasteiger partial charge in [0.1, 0.15) is 17.6 Å². The van der Waals surface area contributed by atoms with E-state index in [1.165, 1.54) is 6.26 Å². The number of rotatable bonds is 4. The Kier molecular flexibility index (Phi) is 4.17. The Bertz CT molecular complexity index is 523. The number of furan rings is 1. The molecule has 1 atom stereocenters. The monoisotopic (exact) mass is 286 g/mol. The number of aliphatic hydroxyl groups excluding tert-OH is 1. The van der Waals surface area contributed by atoms with Gasteiger partial charge in [-0.1, -0.05) is 23.2 Å². The molecule has 0 bridgehead atoms. The molecule has 5 heteroatoms. The first-order valence-electron chi connectivity index (χ1n) is 5.46. The third-order valence-corrected chi connectivity index (χ3v) is 3.08. The molecule has 0 amide bonds. The molecule has 0 aliphatic rings. The molecule has 18 heavy (non-hydrogen) atoms. The largest absolute Gasteiger partial charge is 0.492 e. The van der Waals surface area contributed by atoms with Crippen LogP contribution in [0.1, 0.15) is 24.4 Å². The molecule has 0 spiro atoms. The number of halogens is 2. The van der Waals surface area contributed by atoms with Crippen molar-refractivity contribution in [1.29, 1.82) is 0 Å². The summed E-state index contributed by atoms with van der Waals surface area (Å²) in [6, 6.07) is 6.55. The maximum atomic E-state index is 10.1. The van der Waals surface area contributed by atoms with Gasteiger partial charge < -0.3 is 14.3 Å². The molecule has 3 nitrogen and oxygen atoms in total. The van der Waals surface area contributed by atoms with Gasteiger partial charge in [-0.2, -0.15) is 0 Å². The molecule has 0 aliphatic heterocycles. The van der Waals surface area contributed by atoms with E-state index in [0.29, 0.717) is 33.7 Å². The van der Waals surface area contributed by atoms with Crippen LogP contribution in [-0.4, -0.2) is 11.7 Å². The van der Waals surface area contributed by atoms with E-state index in [4.69, 9.17) is 32.4 Å². The Morgan fingerprint density at radius 1 is 1.33 bits per heavy atom. The average molecular weight is 287 g/mol. The second kappa shape index (κ2) is 5.65. The fraction of sp³-hybridized carbons (Fsp3) is 0.231. The van der Waals surface area contributed by atoms with Crippen molar-refractivity contribution in [2.75, 3.05) is 6.61 Å². The molecule has 0 saturated carbocycles. The van der Waals surface area contributed by atoms with Crippen LogP contribution in [0.5, 0.6) is 5.75 Å². The van der Waals surface area contributed by atoms with Gasteiger partial charge in [0.25, 0.3) is 0 Å². The average Bonchev–Trinajstić information content (AvgIpc) is 2.86. The maximum absolute atomic E-state index is 10.1. The first kappa shape index (κ1) is 13.3. The molecule has 0 saturated heterocycles. The van der Waals surface area contributed by atoms with Crippen LogP contribution in [0.3, 0.4) is 0 Å². The molecule has 1 unspecified atom stereocenters. The molecular weight excluding hydrogens is 275 g/mol. The van der Waals surface area contributed by atoms with Gasteiger partial charge in [0.05, 0.1) is 22.9 Å². The van der Waals surface area contributed by atoms with E-state index >= 15 is 0 Å². The lowest BCUT2D eigenvalue weighted by molar-refractivity contribution is 0.189. The lowest BCUT2D eigenvalue weighted by atomic mass is 10.1. The van der Waals surface area contributed by atoms with Crippen LogP contribution in [0.25, 0.3) is 0 Å². The van der Waals surface area contributed by atoms with Gasteiger partial charge in [0, 0.05) is 11.6 Å². The normalized spacial score (nSPS) is 12.4. The fourth-order valence-electron chi connectivity index (χ4n) is 1.62. The van der Waals surface area contributed by atoms with Crippen LogP contribution in [0.2, 0.25) is 10.0 Å². The minimum atomic E-state index is -0.944. The van der Waals surface area contributed by atoms with Crippen LogP contribution in [0, 0.1) is 0 Å². The summed E-state index contributed by atoms with van der Waals surface area (Å²) in [6.45, 7) is 2.35. The van der Waals surface area contributed by atoms with Gasteiger partial charge >= 0.3 is 0 Å². The molecule has 2 rings (SSSR count). The standard InChI is InChI=1S/C13H12Cl2O3/c1-2-17-12-7-9(14)8(6-10(12)15)13(16)11-4-3-5-18-11/h3-7,13,16H,2H2,1H3. The Morgan fingerprint density at radius 3 is 2.72 bits per heavy atom. The molecule has 0 aliphatic carbocycles. The van der Waals surface area contributed by atoms with E-state index in [9.17, 15) is 5.11 Å². The molecule has 1 N–H and O–H groups in total. The molecule has 96 valence electrons. The summed E-state index contributed by atoms with van der Waals surface area (Å²) in [4.78, 5) is 0. The third-order valence-electron chi connectivity index (χ3n) is 2.46. The van der Waals surface area contributed by atoms with Crippen molar-refractivity contribution in [2.45, 2.75) is 13.0 Å². The topological polar surface area (TPSA) is 42.6 Å². The first-order valence-corrected chi connectivity index (χ1v) is 6.22. The molecular formula is C13H12Cl2O3. The van der Waals surface area contributed by atoms with Crippen molar-refractivity contribution in [2.24, 2.45) is 0 Å². The molecule has 1 heterocycles. The molecule has 1 aromatic carbocycles. The van der Waals surface area contributed by atoms with E-state index in [1.807, 2.05) is 6.92 Å². The summed E-state index contributed by atoms with van der Waals surface area (Å²) >= 11 is 12.2. The minimum Gasteiger partial charge on any atom is -0.492 e. The molecule has 2 aromatic rings. The Hall–Kier alpha value is -1.16. The van der Waals surface area contributed by atoms with Crippen LogP contribution < -0.4 is 4.74 Å². The van der Waals surface area contributed by atoms with Crippen molar-refractivity contribution in [3.63, 3.8) is 0 Å². The Balaban J connectivity index is 2.37. The van der Waals surface area contributed by atoms with Crippen LogP contribution in [-0.2, 0) is 0 Å². The smallest absolute Gasteiger partial charge is 0.139 e. The van der Waals surface area contributed by atoms with E-state index in [0.717, 1.165) is 0 Å². The summed E-state index contributed by atoms with van der Waals surface area (Å²) in [7, 11) is 0. The number of aliphatic hydroxyl groups is 1. The number of hydrogen-bond acceptors (Lipinski definition) is 3. The molecule has 1 aromatic heterocycles. The zero-order valence-corrected chi connectivity index (χ0v) is 11.2. The van der Waals surface area contributed by atoms with E-state index in [1.54, 1.807) is 24.3 Å². The van der Waals surface area contributed by atoms with Crippen molar-refractivity contribution in [1.82, 2.24) is 0 Å². The van der Waals surface area contributed by atoms with E-state index in [-0.39, 0.29) is 0 Å². The van der Waals surface area contributed by atoms with Crippen LogP contribution in [0.4, 0.5) is 0 Å². The summed E-state index contributed by atoms with van der Waals surface area (Å²) in [5, 5.41) is 10.9. The fourth-order valence-corrected chi connectivity index (χ4v) is 2.10. The van der Waals surface area contributed by atoms with Crippen molar-refractivity contribution >= 4 is 23.2 Å². The minimum absolute atomic E-state index is 0.381. The lowest BCUT2D eigenvalue weighted by Gasteiger charge is -2.13. The van der Waals surface area contributed by atoms with Crippen molar-refractivity contribution in [3.8, 4) is 5.75 Å². The predicted octanol–water partition coefficient (Wildman–Crippen LogP) is 4.07. The molecule has 0 fully saturated rings. The van der Waals surface area contributed by atoms with E-state index in [2.05, 4.69) is 0 Å². The van der Waals surface area contributed by atoms with Crippen LogP contribution in [0.15, 0.2) is 34.9 Å². The highest BCUT2D eigenvalue weighted by Gasteiger charge is 2.19. The van der Waals surface area contributed by atoms with Gasteiger partial charge in [-0.3, -0.25) is 0 Å². The van der Waals surface area contributed by atoms with Crippen LogP contribution >= 0.6 is 23.2 Å². The highest BCUT2D eigenvalue weighted by Crippen LogP contribution is 2.36. The number of hydrogen-bond donors (Lipinski definition) is 1. The summed E-state index contributed by atoms with van der Waals surface area (Å²) in [6.07, 6.45) is 0.545. The van der Waals surface area contributed by atoms with Crippen molar-refractivity contribution < 1.29 is 14.3 Å². The van der Waals surface area contributed by atoms with E-state index < -0.39 is 6.10 Å². The second-order valence-corrected chi connectivity index (χ2v) is 4.47. The zero-order chi connectivity index (χ0) is 13.1. The Morgan fingerprint density at radius 2 is 2.11 bits per heavy atom. The summed E-state index contributed by atoms with van der Waals surface area (Å²) < 4.78 is 10.5. The van der Waals surface area contributed by atoms with Gasteiger partial charge in [-0.15, -0.1) is 0 Å². The van der Waals surface area contributed by atoms with Crippen molar-refractivity contribution in [3.05, 3.63) is 51.9 Å². The lowest BCUT2D eigenvalue weighted by Crippen LogP contribution is -2.00. The SMILES string of the molecule is CCOc1cc(Cl)c(C(O)c2ccco2)cc1Cl. The first-order chi connectivity index (χ1) is 8.63. The number of benzene rings is 1. The third kappa shape index (κ3) is 2.64. The molecule has 0 radical (unpaired) electrons. The highest BCUT2D eigenvalue weighted by molar-refractivity contribution is 6.34. The number of ether oxygens (including phenoxy) is 1. The maximum Gasteiger partial charge on any atom is 0.139 e. The highest BCUT2D eigenvalue weighted by atomic mass is 35.5. The van der Waals surface area contributed by atoms with Gasteiger partial charge in [-0.05, 0) is 25.1 Å². The summed E-state index contributed by atoms with van der Waals surface area (Å²) in [5.74, 6) is 0.914. The summed E-state index contributed by atoms with van der Waals surface area (Å²) in [5.41, 5.74) is 0.486. The van der Waals surface area contributed by atoms with Gasteiger partial charge in [0.2, 0.25) is 0 Å². The van der Waals surface area contributed by atoms with Gasteiger partial charge in [-0.25, -0.2) is 0 Å².